The van der Waals surface area contributed by atoms with Crippen LogP contribution >= 0.6 is 0 Å². The first-order chi connectivity index (χ1) is 11.4. The van der Waals surface area contributed by atoms with E-state index in [1.807, 2.05) is 0 Å². The van der Waals surface area contributed by atoms with Crippen LogP contribution in [0.4, 0.5) is 4.39 Å². The van der Waals surface area contributed by atoms with Crippen LogP contribution in [0.15, 0.2) is 36.4 Å². The van der Waals surface area contributed by atoms with Gasteiger partial charge in [0.25, 0.3) is 0 Å². The van der Waals surface area contributed by atoms with Gasteiger partial charge in [0, 0.05) is 0 Å². The first-order valence-corrected chi connectivity index (χ1v) is 8.54. The van der Waals surface area contributed by atoms with Gasteiger partial charge in [0.05, 0.1) is 5.56 Å². The van der Waals surface area contributed by atoms with Gasteiger partial charge in [-0.2, -0.15) is 0 Å². The molecular formula is C22H27FO2. The normalized spacial score (nSPS) is 12.3. The summed E-state index contributed by atoms with van der Waals surface area (Å²) in [6.07, 6.45) is 0.573. The summed E-state index contributed by atoms with van der Waals surface area (Å²) in [6, 6.07) is 10.9. The average molecular weight is 342 g/mol. The van der Waals surface area contributed by atoms with E-state index in [1.54, 1.807) is 6.07 Å². The smallest absolute Gasteiger partial charge is 0.338 e. The minimum absolute atomic E-state index is 0.0222. The highest BCUT2D eigenvalue weighted by Gasteiger charge is 2.20. The summed E-state index contributed by atoms with van der Waals surface area (Å²) in [5.74, 6) is -1.93. The van der Waals surface area contributed by atoms with E-state index < -0.39 is 11.8 Å². The number of carbonyl (C=O) groups is 1. The van der Waals surface area contributed by atoms with Crippen molar-refractivity contribution >= 4 is 5.97 Å². The van der Waals surface area contributed by atoms with Crippen molar-refractivity contribution in [1.29, 1.82) is 0 Å². The summed E-state index contributed by atoms with van der Waals surface area (Å²) in [5.41, 5.74) is 4.13. The summed E-state index contributed by atoms with van der Waals surface area (Å²) in [4.78, 5) is 11.0. The molecule has 0 saturated carbocycles. The molecule has 0 bridgehead atoms. The molecule has 25 heavy (non-hydrogen) atoms. The number of carboxylic acid groups (broad SMARTS) is 1. The molecule has 0 aliphatic rings. The van der Waals surface area contributed by atoms with E-state index in [4.69, 9.17) is 5.11 Å². The average Bonchev–Trinajstić information content (AvgIpc) is 2.44. The minimum atomic E-state index is -1.24. The molecule has 2 aromatic rings. The Balaban J connectivity index is 2.45. The molecule has 0 heterocycles. The molecule has 0 aromatic heterocycles. The summed E-state index contributed by atoms with van der Waals surface area (Å²) < 4.78 is 14.0. The summed E-state index contributed by atoms with van der Waals surface area (Å²) in [7, 11) is 0. The number of benzene rings is 2. The molecule has 2 rings (SSSR count). The Hall–Kier alpha value is -2.16. The van der Waals surface area contributed by atoms with E-state index in [0.717, 1.165) is 11.1 Å². The monoisotopic (exact) mass is 342 g/mol. The van der Waals surface area contributed by atoms with E-state index >= 15 is 0 Å². The van der Waals surface area contributed by atoms with E-state index in [9.17, 15) is 9.18 Å². The third kappa shape index (κ3) is 4.68. The molecule has 0 fully saturated rings. The first kappa shape index (κ1) is 19.2. The maximum absolute atomic E-state index is 14.0. The van der Waals surface area contributed by atoms with Gasteiger partial charge in [0.2, 0.25) is 0 Å². The maximum Gasteiger partial charge on any atom is 0.338 e. The van der Waals surface area contributed by atoms with Crippen LogP contribution in [-0.2, 0) is 17.3 Å². The lowest BCUT2D eigenvalue weighted by molar-refractivity contribution is 0.0692. The molecule has 0 spiro atoms. The molecule has 0 atom stereocenters. The quantitative estimate of drug-likeness (QED) is 0.776. The molecule has 0 aliphatic carbocycles. The SMILES string of the molecule is CC(C)(C)c1cc(Cc2ccc(C(=O)O)c(F)c2)cc(C(C)(C)C)c1. The van der Waals surface area contributed by atoms with Gasteiger partial charge in [-0.05, 0) is 51.6 Å². The van der Waals surface area contributed by atoms with Crippen molar-refractivity contribution in [2.24, 2.45) is 0 Å². The molecule has 1 N–H and O–H groups in total. The van der Waals surface area contributed by atoms with Gasteiger partial charge in [0.15, 0.2) is 0 Å². The van der Waals surface area contributed by atoms with Crippen LogP contribution in [0, 0.1) is 5.82 Å². The van der Waals surface area contributed by atoms with Gasteiger partial charge < -0.3 is 5.11 Å². The molecular weight excluding hydrogens is 315 g/mol. The van der Waals surface area contributed by atoms with E-state index in [2.05, 4.69) is 59.7 Å². The van der Waals surface area contributed by atoms with E-state index in [0.29, 0.717) is 6.42 Å². The number of hydrogen-bond acceptors (Lipinski definition) is 1. The number of rotatable bonds is 3. The third-order valence-corrected chi connectivity index (χ3v) is 4.40. The van der Waals surface area contributed by atoms with Crippen molar-refractivity contribution in [3.63, 3.8) is 0 Å². The fourth-order valence-corrected chi connectivity index (χ4v) is 2.74. The zero-order valence-corrected chi connectivity index (χ0v) is 15.9. The summed E-state index contributed by atoms with van der Waals surface area (Å²) in [6.45, 7) is 13.1. The fourth-order valence-electron chi connectivity index (χ4n) is 2.74. The van der Waals surface area contributed by atoms with Gasteiger partial charge in [-0.1, -0.05) is 65.8 Å². The molecule has 134 valence electrons. The van der Waals surface area contributed by atoms with Crippen LogP contribution in [0.2, 0.25) is 0 Å². The lowest BCUT2D eigenvalue weighted by Gasteiger charge is -2.26. The molecule has 0 amide bonds. The minimum Gasteiger partial charge on any atom is -0.478 e. The van der Waals surface area contributed by atoms with Crippen LogP contribution in [0.25, 0.3) is 0 Å². The highest BCUT2D eigenvalue weighted by atomic mass is 19.1. The largest absolute Gasteiger partial charge is 0.478 e. The summed E-state index contributed by atoms with van der Waals surface area (Å²) >= 11 is 0. The van der Waals surface area contributed by atoms with Gasteiger partial charge in [-0.3, -0.25) is 0 Å². The van der Waals surface area contributed by atoms with E-state index in [1.165, 1.54) is 23.3 Å². The van der Waals surface area contributed by atoms with Crippen molar-refractivity contribution in [3.05, 3.63) is 70.0 Å². The third-order valence-electron chi connectivity index (χ3n) is 4.40. The van der Waals surface area contributed by atoms with Crippen LogP contribution in [-0.4, -0.2) is 11.1 Å². The molecule has 0 unspecified atom stereocenters. The standard InChI is InChI=1S/C22H27FO2/c1-21(2,3)16-10-15(11-17(13-16)22(4,5)6)9-14-7-8-18(20(24)25)19(23)12-14/h7-8,10-13H,9H2,1-6H3,(H,24,25). The molecule has 0 radical (unpaired) electrons. The second kappa shape index (κ2) is 6.62. The molecule has 0 saturated heterocycles. The lowest BCUT2D eigenvalue weighted by atomic mass is 9.79. The van der Waals surface area contributed by atoms with Crippen LogP contribution in [0.1, 0.15) is 74.2 Å². The zero-order chi connectivity index (χ0) is 19.0. The highest BCUT2D eigenvalue weighted by Crippen LogP contribution is 2.31. The van der Waals surface area contributed by atoms with Crippen LogP contribution in [0.3, 0.4) is 0 Å². The van der Waals surface area contributed by atoms with Crippen molar-refractivity contribution in [2.75, 3.05) is 0 Å². The summed E-state index contributed by atoms with van der Waals surface area (Å²) in [5, 5.41) is 8.96. The molecule has 0 aliphatic heterocycles. The Morgan fingerprint density at radius 2 is 1.40 bits per heavy atom. The molecule has 2 nitrogen and oxygen atoms in total. The Kier molecular flexibility index (Phi) is 5.08. The van der Waals surface area contributed by atoms with E-state index in [-0.39, 0.29) is 16.4 Å². The number of carboxylic acids is 1. The second-order valence-corrected chi connectivity index (χ2v) is 8.71. The number of aromatic carboxylic acids is 1. The highest BCUT2D eigenvalue weighted by molar-refractivity contribution is 5.87. The van der Waals surface area contributed by atoms with Gasteiger partial charge in [-0.15, -0.1) is 0 Å². The predicted octanol–water partition coefficient (Wildman–Crippen LogP) is 5.71. The Labute approximate surface area is 149 Å². The first-order valence-electron chi connectivity index (χ1n) is 8.54. The van der Waals surface area contributed by atoms with Crippen molar-refractivity contribution in [1.82, 2.24) is 0 Å². The molecule has 3 heteroatoms. The number of halogens is 1. The number of hydrogen-bond donors (Lipinski definition) is 1. The van der Waals surface area contributed by atoms with Crippen molar-refractivity contribution in [3.8, 4) is 0 Å². The predicted molar refractivity (Wildman–Crippen MR) is 100 cm³/mol. The van der Waals surface area contributed by atoms with Crippen LogP contribution in [0.5, 0.6) is 0 Å². The van der Waals surface area contributed by atoms with Gasteiger partial charge in [-0.25, -0.2) is 9.18 Å². The second-order valence-electron chi connectivity index (χ2n) is 8.71. The zero-order valence-electron chi connectivity index (χ0n) is 15.9. The topological polar surface area (TPSA) is 37.3 Å². The Bertz CT molecular complexity index is 760. The van der Waals surface area contributed by atoms with Gasteiger partial charge in [0.1, 0.15) is 5.82 Å². The lowest BCUT2D eigenvalue weighted by Crippen LogP contribution is -2.17. The maximum atomic E-state index is 14.0. The Morgan fingerprint density at radius 1 is 0.880 bits per heavy atom. The van der Waals surface area contributed by atoms with Crippen LogP contribution < -0.4 is 0 Å². The fraction of sp³-hybridized carbons (Fsp3) is 0.409. The van der Waals surface area contributed by atoms with Crippen molar-refractivity contribution < 1.29 is 14.3 Å². The molecule has 2 aromatic carbocycles. The van der Waals surface area contributed by atoms with Crippen molar-refractivity contribution in [2.45, 2.75) is 58.8 Å². The van der Waals surface area contributed by atoms with Gasteiger partial charge >= 0.3 is 5.97 Å². The Morgan fingerprint density at radius 3 is 1.80 bits per heavy atom.